The molecule has 0 saturated carbocycles. The molecule has 0 spiro atoms. The number of nitrogens with one attached hydrogen (secondary N) is 1. The maximum Gasteiger partial charge on any atom is 0.244 e. The Morgan fingerprint density at radius 1 is 0.971 bits per heavy atom. The van der Waals surface area contributed by atoms with E-state index in [1.54, 1.807) is 25.1 Å². The summed E-state index contributed by atoms with van der Waals surface area (Å²) in [6.45, 7) is 6.43. The Bertz CT molecular complexity index is 1200. The maximum absolute atomic E-state index is 13.5. The normalized spacial score (nSPS) is 12.7. The third-order valence-electron chi connectivity index (χ3n) is 4.82. The SMILES string of the molecule is C[C@@H](C(=O)NC(C)(C)C)N(Cc1ccc(Cl)c(Cl)c1)C(=O)CN(c1cc(Cl)cc(Cl)c1)S(C)(=O)=O. The predicted octanol–water partition coefficient (Wildman–Crippen LogP) is 5.40. The van der Waals surface area contributed by atoms with Crippen LogP contribution in [0.15, 0.2) is 36.4 Å². The second-order valence-corrected chi connectivity index (χ2v) is 12.7. The quantitative estimate of drug-likeness (QED) is 0.451. The topological polar surface area (TPSA) is 86.8 Å². The number of halogens is 4. The van der Waals surface area contributed by atoms with Gasteiger partial charge in [0, 0.05) is 22.1 Å². The van der Waals surface area contributed by atoms with Gasteiger partial charge in [-0.05, 0) is 63.6 Å². The number of rotatable bonds is 8. The van der Waals surface area contributed by atoms with Crippen molar-refractivity contribution in [2.24, 2.45) is 0 Å². The fraction of sp³-hybridized carbons (Fsp3) is 0.391. The van der Waals surface area contributed by atoms with E-state index in [0.29, 0.717) is 10.6 Å². The van der Waals surface area contributed by atoms with Crippen molar-refractivity contribution in [3.05, 3.63) is 62.1 Å². The summed E-state index contributed by atoms with van der Waals surface area (Å²) in [5.41, 5.74) is 0.194. The molecule has 0 heterocycles. The van der Waals surface area contributed by atoms with Crippen LogP contribution >= 0.6 is 46.4 Å². The number of carbonyl (C=O) groups is 2. The molecule has 0 aromatic heterocycles. The van der Waals surface area contributed by atoms with Crippen LogP contribution in [0, 0.1) is 0 Å². The van der Waals surface area contributed by atoms with Gasteiger partial charge in [0.2, 0.25) is 21.8 Å². The van der Waals surface area contributed by atoms with Gasteiger partial charge in [0.1, 0.15) is 12.6 Å². The Hall–Kier alpha value is -1.71. The van der Waals surface area contributed by atoms with Crippen LogP contribution in [0.2, 0.25) is 20.1 Å². The van der Waals surface area contributed by atoms with Gasteiger partial charge in [0.25, 0.3) is 0 Å². The average molecular weight is 583 g/mol. The Morgan fingerprint density at radius 2 is 1.54 bits per heavy atom. The number of hydrogen-bond donors (Lipinski definition) is 1. The molecule has 12 heteroatoms. The number of anilines is 1. The van der Waals surface area contributed by atoms with Gasteiger partial charge in [-0.3, -0.25) is 13.9 Å². The number of nitrogens with zero attached hydrogens (tertiary/aromatic N) is 2. The molecule has 0 bridgehead atoms. The number of sulfonamides is 1. The van der Waals surface area contributed by atoms with Gasteiger partial charge < -0.3 is 10.2 Å². The molecule has 1 atom stereocenters. The molecule has 0 aliphatic rings. The molecule has 192 valence electrons. The summed E-state index contributed by atoms with van der Waals surface area (Å²) in [5.74, 6) is -1.02. The number of carbonyl (C=O) groups excluding carboxylic acids is 2. The zero-order valence-corrected chi connectivity index (χ0v) is 23.7. The molecular weight excluding hydrogens is 556 g/mol. The Kier molecular flexibility index (Phi) is 9.75. The molecule has 0 aliphatic heterocycles. The molecule has 0 saturated heterocycles. The van der Waals surface area contributed by atoms with Crippen molar-refractivity contribution >= 4 is 73.9 Å². The van der Waals surface area contributed by atoms with Crippen LogP contribution in [0.5, 0.6) is 0 Å². The van der Waals surface area contributed by atoms with E-state index < -0.39 is 40.0 Å². The first kappa shape index (κ1) is 29.5. The zero-order valence-electron chi connectivity index (χ0n) is 19.9. The Morgan fingerprint density at radius 3 is 2.03 bits per heavy atom. The summed E-state index contributed by atoms with van der Waals surface area (Å²) < 4.78 is 26.1. The highest BCUT2D eigenvalue weighted by molar-refractivity contribution is 7.92. The van der Waals surface area contributed by atoms with Gasteiger partial charge in [-0.25, -0.2) is 8.42 Å². The molecule has 35 heavy (non-hydrogen) atoms. The molecule has 2 aromatic rings. The van der Waals surface area contributed by atoms with E-state index in [1.165, 1.54) is 23.1 Å². The second-order valence-electron chi connectivity index (χ2n) is 9.08. The minimum atomic E-state index is -3.91. The molecule has 0 fully saturated rings. The van der Waals surface area contributed by atoms with Crippen molar-refractivity contribution in [2.45, 2.75) is 45.8 Å². The molecule has 2 amide bonds. The minimum Gasteiger partial charge on any atom is -0.350 e. The van der Waals surface area contributed by atoms with E-state index in [9.17, 15) is 18.0 Å². The molecule has 0 radical (unpaired) electrons. The molecule has 2 aromatic carbocycles. The van der Waals surface area contributed by atoms with Gasteiger partial charge in [0.15, 0.2) is 0 Å². The van der Waals surface area contributed by atoms with Crippen LogP contribution in [-0.4, -0.2) is 49.5 Å². The molecule has 0 aliphatic carbocycles. The van der Waals surface area contributed by atoms with Crippen molar-refractivity contribution < 1.29 is 18.0 Å². The monoisotopic (exact) mass is 581 g/mol. The Labute approximate surface area is 226 Å². The third kappa shape index (κ3) is 8.72. The summed E-state index contributed by atoms with van der Waals surface area (Å²) in [6.07, 6.45) is 0.966. The zero-order chi connectivity index (χ0) is 26.7. The first-order chi connectivity index (χ1) is 16.0. The second kappa shape index (κ2) is 11.6. The highest BCUT2D eigenvalue weighted by Gasteiger charge is 2.31. The van der Waals surface area contributed by atoms with Gasteiger partial charge in [0.05, 0.1) is 22.0 Å². The van der Waals surface area contributed by atoms with Gasteiger partial charge in [-0.2, -0.15) is 0 Å². The lowest BCUT2D eigenvalue weighted by molar-refractivity contribution is -0.140. The van der Waals surface area contributed by atoms with Crippen LogP contribution in [0.1, 0.15) is 33.3 Å². The summed E-state index contributed by atoms with van der Waals surface area (Å²) >= 11 is 24.2. The summed E-state index contributed by atoms with van der Waals surface area (Å²) in [7, 11) is -3.91. The highest BCUT2D eigenvalue weighted by Crippen LogP contribution is 2.28. The van der Waals surface area contributed by atoms with Crippen LogP contribution in [0.25, 0.3) is 0 Å². The maximum atomic E-state index is 13.5. The van der Waals surface area contributed by atoms with Crippen molar-refractivity contribution in [2.75, 3.05) is 17.1 Å². The number of hydrogen-bond acceptors (Lipinski definition) is 4. The van der Waals surface area contributed by atoms with Crippen LogP contribution in [-0.2, 0) is 26.2 Å². The lowest BCUT2D eigenvalue weighted by Gasteiger charge is -2.33. The molecule has 2 rings (SSSR count). The van der Waals surface area contributed by atoms with Crippen molar-refractivity contribution in [3.8, 4) is 0 Å². The average Bonchev–Trinajstić information content (AvgIpc) is 2.69. The summed E-state index contributed by atoms with van der Waals surface area (Å²) in [4.78, 5) is 27.7. The lowest BCUT2D eigenvalue weighted by atomic mass is 10.1. The fourth-order valence-corrected chi connectivity index (χ4v) is 4.86. The summed E-state index contributed by atoms with van der Waals surface area (Å²) in [6, 6.07) is 8.14. The van der Waals surface area contributed by atoms with Gasteiger partial charge >= 0.3 is 0 Å². The summed E-state index contributed by atoms with van der Waals surface area (Å²) in [5, 5.41) is 3.89. The smallest absolute Gasteiger partial charge is 0.244 e. The first-order valence-electron chi connectivity index (χ1n) is 10.5. The highest BCUT2D eigenvalue weighted by atomic mass is 35.5. The first-order valence-corrected chi connectivity index (χ1v) is 13.8. The van der Waals surface area contributed by atoms with E-state index >= 15 is 0 Å². The molecular formula is C23H27Cl4N3O4S. The van der Waals surface area contributed by atoms with Crippen molar-refractivity contribution in [1.82, 2.24) is 10.2 Å². The van der Waals surface area contributed by atoms with E-state index in [-0.39, 0.29) is 27.3 Å². The third-order valence-corrected chi connectivity index (χ3v) is 7.13. The standard InChI is InChI=1S/C23H27Cl4N3O4S/c1-14(22(32)28-23(2,3)4)29(12-15-6-7-19(26)20(27)8-15)21(31)13-30(35(5,33)34)18-10-16(24)9-17(25)11-18/h6-11,14H,12-13H2,1-5H3,(H,28,32)/t14-/m0/s1. The fourth-order valence-electron chi connectivity index (χ4n) is 3.19. The predicted molar refractivity (Wildman–Crippen MR) is 143 cm³/mol. The van der Waals surface area contributed by atoms with Crippen LogP contribution in [0.4, 0.5) is 5.69 Å². The van der Waals surface area contributed by atoms with Crippen LogP contribution in [0.3, 0.4) is 0 Å². The van der Waals surface area contributed by atoms with E-state index in [4.69, 9.17) is 46.4 Å². The van der Waals surface area contributed by atoms with E-state index in [1.807, 2.05) is 20.8 Å². The van der Waals surface area contributed by atoms with Gasteiger partial charge in [-0.1, -0.05) is 52.5 Å². The van der Waals surface area contributed by atoms with Crippen LogP contribution < -0.4 is 9.62 Å². The molecule has 0 unspecified atom stereocenters. The van der Waals surface area contributed by atoms with E-state index in [2.05, 4.69) is 5.32 Å². The lowest BCUT2D eigenvalue weighted by Crippen LogP contribution is -2.54. The van der Waals surface area contributed by atoms with Crippen molar-refractivity contribution in [3.63, 3.8) is 0 Å². The van der Waals surface area contributed by atoms with E-state index in [0.717, 1.165) is 10.6 Å². The van der Waals surface area contributed by atoms with Gasteiger partial charge in [-0.15, -0.1) is 0 Å². The Balaban J connectivity index is 2.46. The minimum absolute atomic E-state index is 0.0116. The van der Waals surface area contributed by atoms with Crippen molar-refractivity contribution in [1.29, 1.82) is 0 Å². The number of benzene rings is 2. The number of amides is 2. The molecule has 1 N–H and O–H groups in total. The molecule has 7 nitrogen and oxygen atoms in total. The largest absolute Gasteiger partial charge is 0.350 e.